The van der Waals surface area contributed by atoms with Gasteiger partial charge < -0.3 is 25.8 Å². The van der Waals surface area contributed by atoms with Crippen LogP contribution >= 0.6 is 11.3 Å². The Bertz CT molecular complexity index is 439. The molecule has 3 atom stereocenters. The molecule has 0 unspecified atom stereocenters. The fourth-order valence-corrected chi connectivity index (χ4v) is 2.85. The van der Waals surface area contributed by atoms with E-state index in [1.165, 1.54) is 4.88 Å². The van der Waals surface area contributed by atoms with Crippen LogP contribution in [0.1, 0.15) is 18.7 Å². The minimum absolute atomic E-state index is 0.0830. The second-order valence-electron chi connectivity index (χ2n) is 5.44. The van der Waals surface area contributed by atoms with E-state index in [0.29, 0.717) is 13.2 Å². The molecular formula is C14H23N3O3S. The summed E-state index contributed by atoms with van der Waals surface area (Å²) in [6.45, 7) is 5.26. The SMILES string of the molecule is CC(C)NC(=O)NC[C@H]1OC[C@@H](NCc2cccs2)[C@@H]1O. The van der Waals surface area contributed by atoms with Crippen LogP contribution in [0.4, 0.5) is 4.79 Å². The third kappa shape index (κ3) is 4.96. The molecule has 0 saturated carbocycles. The Morgan fingerprint density at radius 3 is 3.05 bits per heavy atom. The molecule has 0 bridgehead atoms. The fourth-order valence-electron chi connectivity index (χ4n) is 2.19. The molecule has 7 heteroatoms. The maximum Gasteiger partial charge on any atom is 0.315 e. The number of hydrogen-bond acceptors (Lipinski definition) is 5. The molecule has 6 nitrogen and oxygen atoms in total. The molecule has 1 aliphatic rings. The van der Waals surface area contributed by atoms with Gasteiger partial charge in [-0.1, -0.05) is 6.07 Å². The van der Waals surface area contributed by atoms with E-state index < -0.39 is 6.10 Å². The molecule has 2 amide bonds. The Hall–Kier alpha value is -1.15. The third-order valence-electron chi connectivity index (χ3n) is 3.29. The molecule has 1 fully saturated rings. The number of amides is 2. The Kier molecular flexibility index (Phi) is 5.98. The second-order valence-corrected chi connectivity index (χ2v) is 6.47. The van der Waals surface area contributed by atoms with Gasteiger partial charge in [-0.25, -0.2) is 4.79 Å². The number of thiophene rings is 1. The third-order valence-corrected chi connectivity index (χ3v) is 4.16. The average molecular weight is 313 g/mol. The first kappa shape index (κ1) is 16.2. The topological polar surface area (TPSA) is 82.6 Å². The van der Waals surface area contributed by atoms with Crippen LogP contribution in [0.5, 0.6) is 0 Å². The van der Waals surface area contributed by atoms with Gasteiger partial charge in [-0.15, -0.1) is 11.3 Å². The van der Waals surface area contributed by atoms with Gasteiger partial charge in [0, 0.05) is 24.0 Å². The van der Waals surface area contributed by atoms with Gasteiger partial charge in [0.25, 0.3) is 0 Å². The van der Waals surface area contributed by atoms with Gasteiger partial charge in [0.1, 0.15) is 6.10 Å². The van der Waals surface area contributed by atoms with Crippen molar-refractivity contribution in [3.05, 3.63) is 22.4 Å². The fraction of sp³-hybridized carbons (Fsp3) is 0.643. The van der Waals surface area contributed by atoms with Crippen molar-refractivity contribution in [1.29, 1.82) is 0 Å². The van der Waals surface area contributed by atoms with E-state index in [1.807, 2.05) is 25.3 Å². The van der Waals surface area contributed by atoms with E-state index in [-0.39, 0.29) is 24.2 Å². The molecule has 0 aliphatic carbocycles. The van der Waals surface area contributed by atoms with Crippen LogP contribution in [-0.2, 0) is 11.3 Å². The standard InChI is InChI=1S/C14H23N3O3S/c1-9(2)17-14(19)16-7-12-13(18)11(8-20-12)15-6-10-4-3-5-21-10/h3-5,9,11-13,15,18H,6-8H2,1-2H3,(H2,16,17,19)/t11-,12-,13+/m1/s1. The van der Waals surface area contributed by atoms with Crippen molar-refractivity contribution < 1.29 is 14.6 Å². The lowest BCUT2D eigenvalue weighted by atomic mass is 10.1. The monoisotopic (exact) mass is 313 g/mol. The predicted molar refractivity (Wildman–Crippen MR) is 82.4 cm³/mol. The summed E-state index contributed by atoms with van der Waals surface area (Å²) in [5, 5.41) is 21.0. The molecule has 2 rings (SSSR count). The summed E-state index contributed by atoms with van der Waals surface area (Å²) in [5.74, 6) is 0. The summed E-state index contributed by atoms with van der Waals surface area (Å²) in [7, 11) is 0. The number of carbonyl (C=O) groups is 1. The molecule has 1 aromatic rings. The zero-order chi connectivity index (χ0) is 15.2. The minimum Gasteiger partial charge on any atom is -0.389 e. The van der Waals surface area contributed by atoms with Crippen LogP contribution < -0.4 is 16.0 Å². The van der Waals surface area contributed by atoms with Gasteiger partial charge in [0.2, 0.25) is 0 Å². The molecule has 1 aliphatic heterocycles. The lowest BCUT2D eigenvalue weighted by Crippen LogP contribution is -2.47. The number of carbonyl (C=O) groups excluding carboxylic acids is 1. The number of aliphatic hydroxyl groups is 1. The van der Waals surface area contributed by atoms with Gasteiger partial charge in [0.05, 0.1) is 18.8 Å². The smallest absolute Gasteiger partial charge is 0.315 e. The highest BCUT2D eigenvalue weighted by molar-refractivity contribution is 7.09. The van der Waals surface area contributed by atoms with Crippen LogP contribution in [0, 0.1) is 0 Å². The van der Waals surface area contributed by atoms with Crippen molar-refractivity contribution in [2.45, 2.75) is 44.7 Å². The van der Waals surface area contributed by atoms with Crippen molar-refractivity contribution in [2.24, 2.45) is 0 Å². The van der Waals surface area contributed by atoms with Gasteiger partial charge in [-0.05, 0) is 25.3 Å². The van der Waals surface area contributed by atoms with Gasteiger partial charge in [-0.3, -0.25) is 0 Å². The number of hydrogen-bond donors (Lipinski definition) is 4. The molecular weight excluding hydrogens is 290 g/mol. The Morgan fingerprint density at radius 2 is 2.38 bits per heavy atom. The highest BCUT2D eigenvalue weighted by atomic mass is 32.1. The summed E-state index contributed by atoms with van der Waals surface area (Å²) in [5.41, 5.74) is 0. The zero-order valence-electron chi connectivity index (χ0n) is 12.3. The predicted octanol–water partition coefficient (Wildman–Crippen LogP) is 0.674. The number of rotatable bonds is 6. The van der Waals surface area contributed by atoms with Gasteiger partial charge in [0.15, 0.2) is 0 Å². The van der Waals surface area contributed by atoms with Crippen molar-refractivity contribution in [1.82, 2.24) is 16.0 Å². The molecule has 0 radical (unpaired) electrons. The summed E-state index contributed by atoms with van der Waals surface area (Å²) < 4.78 is 5.55. The number of ether oxygens (including phenoxy) is 1. The average Bonchev–Trinajstić information content (AvgIpc) is 3.04. The van der Waals surface area contributed by atoms with Crippen LogP contribution in [0.2, 0.25) is 0 Å². The number of aliphatic hydroxyl groups excluding tert-OH is 1. The molecule has 2 heterocycles. The van der Waals surface area contributed by atoms with E-state index in [9.17, 15) is 9.90 Å². The van der Waals surface area contributed by atoms with Crippen molar-refractivity contribution >= 4 is 17.4 Å². The van der Waals surface area contributed by atoms with E-state index in [0.717, 1.165) is 6.54 Å². The van der Waals surface area contributed by atoms with Crippen molar-refractivity contribution in [3.8, 4) is 0 Å². The molecule has 4 N–H and O–H groups in total. The van der Waals surface area contributed by atoms with E-state index in [1.54, 1.807) is 11.3 Å². The molecule has 1 aromatic heterocycles. The number of nitrogens with one attached hydrogen (secondary N) is 3. The van der Waals surface area contributed by atoms with Gasteiger partial charge in [-0.2, -0.15) is 0 Å². The Labute approximate surface area is 128 Å². The molecule has 118 valence electrons. The molecule has 0 aromatic carbocycles. The quantitative estimate of drug-likeness (QED) is 0.622. The Balaban J connectivity index is 1.71. The lowest BCUT2D eigenvalue weighted by molar-refractivity contribution is 0.0425. The molecule has 1 saturated heterocycles. The highest BCUT2D eigenvalue weighted by Crippen LogP contribution is 2.15. The molecule has 0 spiro atoms. The second kappa shape index (κ2) is 7.74. The minimum atomic E-state index is -0.621. The normalized spacial score (nSPS) is 25.2. The van der Waals surface area contributed by atoms with Crippen LogP contribution in [0.15, 0.2) is 17.5 Å². The van der Waals surface area contributed by atoms with E-state index >= 15 is 0 Å². The zero-order valence-corrected chi connectivity index (χ0v) is 13.2. The summed E-state index contributed by atoms with van der Waals surface area (Å²) in [6, 6.07) is 3.79. The summed E-state index contributed by atoms with van der Waals surface area (Å²) in [6.07, 6.45) is -0.993. The lowest BCUT2D eigenvalue weighted by Gasteiger charge is -2.19. The van der Waals surface area contributed by atoms with E-state index in [2.05, 4.69) is 22.0 Å². The van der Waals surface area contributed by atoms with Crippen molar-refractivity contribution in [3.63, 3.8) is 0 Å². The summed E-state index contributed by atoms with van der Waals surface area (Å²) >= 11 is 1.68. The first-order chi connectivity index (χ1) is 10.1. The van der Waals surface area contributed by atoms with Crippen molar-refractivity contribution in [2.75, 3.05) is 13.2 Å². The van der Waals surface area contributed by atoms with E-state index in [4.69, 9.17) is 4.74 Å². The summed E-state index contributed by atoms with van der Waals surface area (Å²) in [4.78, 5) is 12.7. The number of urea groups is 1. The first-order valence-corrected chi connectivity index (χ1v) is 8.04. The largest absolute Gasteiger partial charge is 0.389 e. The Morgan fingerprint density at radius 1 is 1.57 bits per heavy atom. The maximum atomic E-state index is 11.5. The highest BCUT2D eigenvalue weighted by Gasteiger charge is 2.35. The maximum absolute atomic E-state index is 11.5. The van der Waals surface area contributed by atoms with Crippen LogP contribution in [0.25, 0.3) is 0 Å². The van der Waals surface area contributed by atoms with Crippen LogP contribution in [0.3, 0.4) is 0 Å². The molecule has 21 heavy (non-hydrogen) atoms. The van der Waals surface area contributed by atoms with Gasteiger partial charge >= 0.3 is 6.03 Å². The first-order valence-electron chi connectivity index (χ1n) is 7.16. The van der Waals surface area contributed by atoms with Crippen LogP contribution in [-0.4, -0.2) is 48.6 Å².